The zero-order valence-electron chi connectivity index (χ0n) is 7.62. The molecule has 2 rings (SSSR count). The van der Waals surface area contributed by atoms with Gasteiger partial charge in [-0.1, -0.05) is 50.3 Å². The maximum Gasteiger partial charge on any atom is -0.0124 e. The Labute approximate surface area is 73.9 Å². The van der Waals surface area contributed by atoms with E-state index in [0.717, 1.165) is 0 Å². The van der Waals surface area contributed by atoms with Crippen LogP contribution >= 0.6 is 0 Å². The minimum Gasteiger partial charge on any atom is -0.0805 e. The fourth-order valence-electron chi connectivity index (χ4n) is 1.78. The van der Waals surface area contributed by atoms with Gasteiger partial charge in [0.2, 0.25) is 0 Å². The molecule has 0 bridgehead atoms. The first kappa shape index (κ1) is 7.60. The lowest BCUT2D eigenvalue weighted by molar-refractivity contribution is 0.586. The lowest BCUT2D eigenvalue weighted by atomic mass is 9.82. The van der Waals surface area contributed by atoms with Gasteiger partial charge in [0.25, 0.3) is 0 Å². The van der Waals surface area contributed by atoms with Gasteiger partial charge in [-0.2, -0.15) is 0 Å². The first-order valence-electron chi connectivity index (χ1n) is 4.56. The number of hydrogen-bond acceptors (Lipinski definition) is 0. The highest BCUT2D eigenvalue weighted by atomic mass is 14.2. The molecule has 0 amide bonds. The van der Waals surface area contributed by atoms with Gasteiger partial charge in [0.1, 0.15) is 0 Å². The van der Waals surface area contributed by atoms with Crippen LogP contribution in [0.25, 0.3) is 6.08 Å². The Morgan fingerprint density at radius 2 is 1.83 bits per heavy atom. The molecule has 0 N–H and O–H groups in total. The van der Waals surface area contributed by atoms with E-state index in [1.165, 1.54) is 11.1 Å². The summed E-state index contributed by atoms with van der Waals surface area (Å²) >= 11 is 0. The van der Waals surface area contributed by atoms with Crippen LogP contribution in [-0.2, 0) is 0 Å². The molecule has 0 nitrogen and oxygen atoms in total. The number of rotatable bonds is 0. The fourth-order valence-corrected chi connectivity index (χ4v) is 1.78. The van der Waals surface area contributed by atoms with E-state index in [4.69, 9.17) is 0 Å². The molecular formula is C12H14. The summed E-state index contributed by atoms with van der Waals surface area (Å²) in [6.07, 6.45) is 4.53. The van der Waals surface area contributed by atoms with Crippen LogP contribution in [-0.4, -0.2) is 0 Å². The molecule has 0 radical (unpaired) electrons. The van der Waals surface area contributed by atoms with E-state index in [2.05, 4.69) is 50.3 Å². The average Bonchev–Trinajstić information content (AvgIpc) is 2.12. The minimum atomic E-state index is 0.672. The summed E-state index contributed by atoms with van der Waals surface area (Å²) in [4.78, 5) is 0. The van der Waals surface area contributed by atoms with Crippen LogP contribution in [0.4, 0.5) is 0 Å². The molecule has 1 aliphatic carbocycles. The van der Waals surface area contributed by atoms with E-state index < -0.39 is 0 Å². The first-order chi connectivity index (χ1) is 5.79. The lowest BCUT2D eigenvalue weighted by Crippen LogP contribution is -2.08. The third-order valence-corrected chi connectivity index (χ3v) is 2.85. The van der Waals surface area contributed by atoms with Crippen molar-refractivity contribution < 1.29 is 0 Å². The van der Waals surface area contributed by atoms with Crippen molar-refractivity contribution in [2.45, 2.75) is 19.8 Å². The Hall–Kier alpha value is -1.04. The Balaban J connectivity index is 2.52. The molecule has 0 heteroatoms. The highest BCUT2D eigenvalue weighted by Gasteiger charge is 2.17. The summed E-state index contributed by atoms with van der Waals surface area (Å²) in [5.41, 5.74) is 2.88. The minimum absolute atomic E-state index is 0.672. The lowest BCUT2D eigenvalue weighted by Gasteiger charge is -2.23. The molecule has 0 aliphatic heterocycles. The second kappa shape index (κ2) is 2.78. The molecule has 0 saturated heterocycles. The van der Waals surface area contributed by atoms with Crippen LogP contribution in [0.5, 0.6) is 0 Å². The summed E-state index contributed by atoms with van der Waals surface area (Å²) in [6.45, 7) is 4.57. The smallest absolute Gasteiger partial charge is 0.0124 e. The van der Waals surface area contributed by atoms with Gasteiger partial charge in [-0.3, -0.25) is 0 Å². The van der Waals surface area contributed by atoms with Crippen molar-refractivity contribution in [3.63, 3.8) is 0 Å². The standard InChI is InChI=1S/C12H14/c1-9-7-8-11-5-3-4-6-12(11)10(9)2/h3-10H,1-2H3. The van der Waals surface area contributed by atoms with Gasteiger partial charge in [0, 0.05) is 0 Å². The quantitative estimate of drug-likeness (QED) is 0.542. The second-order valence-electron chi connectivity index (χ2n) is 3.64. The van der Waals surface area contributed by atoms with Gasteiger partial charge in [-0.25, -0.2) is 0 Å². The van der Waals surface area contributed by atoms with E-state index in [9.17, 15) is 0 Å². The maximum absolute atomic E-state index is 2.30. The van der Waals surface area contributed by atoms with Crippen molar-refractivity contribution >= 4 is 6.08 Å². The van der Waals surface area contributed by atoms with E-state index >= 15 is 0 Å². The number of hydrogen-bond donors (Lipinski definition) is 0. The molecule has 12 heavy (non-hydrogen) atoms. The molecule has 2 unspecified atom stereocenters. The molecule has 0 heterocycles. The summed E-state index contributed by atoms with van der Waals surface area (Å²) in [7, 11) is 0. The highest BCUT2D eigenvalue weighted by molar-refractivity contribution is 5.57. The molecule has 62 valence electrons. The SMILES string of the molecule is CC1C=Cc2ccccc2C1C. The summed E-state index contributed by atoms with van der Waals surface area (Å²) in [5.74, 6) is 1.35. The summed E-state index contributed by atoms with van der Waals surface area (Å²) < 4.78 is 0. The average molecular weight is 158 g/mol. The fraction of sp³-hybridized carbons (Fsp3) is 0.333. The van der Waals surface area contributed by atoms with E-state index in [1.54, 1.807) is 0 Å². The first-order valence-corrected chi connectivity index (χ1v) is 4.56. The van der Waals surface area contributed by atoms with Crippen molar-refractivity contribution in [1.29, 1.82) is 0 Å². The molecule has 2 atom stereocenters. The van der Waals surface area contributed by atoms with Crippen molar-refractivity contribution in [3.8, 4) is 0 Å². The van der Waals surface area contributed by atoms with Crippen molar-refractivity contribution in [3.05, 3.63) is 41.5 Å². The van der Waals surface area contributed by atoms with Crippen LogP contribution < -0.4 is 0 Å². The molecule has 1 aromatic carbocycles. The topological polar surface area (TPSA) is 0 Å². The number of fused-ring (bicyclic) bond motifs is 1. The van der Waals surface area contributed by atoms with Gasteiger partial charge in [0.05, 0.1) is 0 Å². The number of benzene rings is 1. The largest absolute Gasteiger partial charge is 0.0805 e. The summed E-state index contributed by atoms with van der Waals surface area (Å²) in [6, 6.07) is 8.65. The Morgan fingerprint density at radius 1 is 1.08 bits per heavy atom. The molecule has 0 spiro atoms. The van der Waals surface area contributed by atoms with Gasteiger partial charge in [0.15, 0.2) is 0 Å². The molecule has 0 aromatic heterocycles. The molecule has 0 fully saturated rings. The maximum atomic E-state index is 2.30. The van der Waals surface area contributed by atoms with Crippen molar-refractivity contribution in [2.75, 3.05) is 0 Å². The number of allylic oxidation sites excluding steroid dienone is 1. The van der Waals surface area contributed by atoms with Crippen molar-refractivity contribution in [2.24, 2.45) is 5.92 Å². The highest BCUT2D eigenvalue weighted by Crippen LogP contribution is 2.32. The Morgan fingerprint density at radius 3 is 2.67 bits per heavy atom. The van der Waals surface area contributed by atoms with Gasteiger partial charge >= 0.3 is 0 Å². The van der Waals surface area contributed by atoms with E-state index in [0.29, 0.717) is 11.8 Å². The van der Waals surface area contributed by atoms with Crippen LogP contribution in [0.15, 0.2) is 30.3 Å². The molecular weight excluding hydrogens is 144 g/mol. The van der Waals surface area contributed by atoms with Crippen molar-refractivity contribution in [1.82, 2.24) is 0 Å². The summed E-state index contributed by atoms with van der Waals surface area (Å²) in [5, 5.41) is 0. The predicted molar refractivity (Wildman–Crippen MR) is 53.1 cm³/mol. The zero-order chi connectivity index (χ0) is 8.55. The third kappa shape index (κ3) is 1.08. The van der Waals surface area contributed by atoms with E-state index in [1.807, 2.05) is 0 Å². The van der Waals surface area contributed by atoms with Crippen LogP contribution in [0.3, 0.4) is 0 Å². The molecule has 0 saturated carbocycles. The van der Waals surface area contributed by atoms with Crippen LogP contribution in [0.2, 0.25) is 0 Å². The Bertz CT molecular complexity index is 310. The normalized spacial score (nSPS) is 26.8. The van der Waals surface area contributed by atoms with Gasteiger partial charge in [-0.05, 0) is 23.0 Å². The molecule has 1 aromatic rings. The van der Waals surface area contributed by atoms with Gasteiger partial charge < -0.3 is 0 Å². The second-order valence-corrected chi connectivity index (χ2v) is 3.64. The van der Waals surface area contributed by atoms with Gasteiger partial charge in [-0.15, -0.1) is 0 Å². The molecule has 1 aliphatic rings. The van der Waals surface area contributed by atoms with E-state index in [-0.39, 0.29) is 0 Å². The van der Waals surface area contributed by atoms with Crippen LogP contribution in [0, 0.1) is 5.92 Å². The van der Waals surface area contributed by atoms with Crippen LogP contribution in [0.1, 0.15) is 30.9 Å². The predicted octanol–water partition coefficient (Wildman–Crippen LogP) is 3.45. The zero-order valence-corrected chi connectivity index (χ0v) is 7.62. The third-order valence-electron chi connectivity index (χ3n) is 2.85. The monoisotopic (exact) mass is 158 g/mol. The Kier molecular flexibility index (Phi) is 1.76.